The maximum absolute atomic E-state index is 12.4. The first-order valence-electron chi connectivity index (χ1n) is 9.44. The molecule has 0 aliphatic heterocycles. The highest BCUT2D eigenvalue weighted by Gasteiger charge is 2.18. The van der Waals surface area contributed by atoms with Crippen LogP contribution < -0.4 is 14.8 Å². The van der Waals surface area contributed by atoms with Gasteiger partial charge in [0.25, 0.3) is 5.91 Å². The average molecular weight is 390 g/mol. The highest BCUT2D eigenvalue weighted by Crippen LogP contribution is 2.24. The highest BCUT2D eigenvalue weighted by atomic mass is 35.5. The van der Waals surface area contributed by atoms with Crippen LogP contribution in [-0.2, 0) is 11.2 Å². The lowest BCUT2D eigenvalue weighted by Crippen LogP contribution is -2.38. The summed E-state index contributed by atoms with van der Waals surface area (Å²) in [5.74, 6) is 1.30. The Hall–Kier alpha value is -2.20. The van der Waals surface area contributed by atoms with Gasteiger partial charge in [-0.2, -0.15) is 0 Å². The molecule has 0 spiro atoms. The van der Waals surface area contributed by atoms with E-state index >= 15 is 0 Å². The van der Waals surface area contributed by atoms with E-state index in [4.69, 9.17) is 21.1 Å². The van der Waals surface area contributed by atoms with Crippen molar-refractivity contribution in [2.45, 2.75) is 52.2 Å². The number of carbonyl (C=O) groups excluding carboxylic acids is 1. The zero-order valence-corrected chi connectivity index (χ0v) is 17.0. The minimum absolute atomic E-state index is 0.113. The van der Waals surface area contributed by atoms with E-state index in [1.165, 1.54) is 5.56 Å². The van der Waals surface area contributed by atoms with Gasteiger partial charge in [0.1, 0.15) is 11.5 Å². The summed E-state index contributed by atoms with van der Waals surface area (Å²) in [4.78, 5) is 12.4. The van der Waals surface area contributed by atoms with Crippen LogP contribution in [0.5, 0.6) is 11.5 Å². The Labute approximate surface area is 166 Å². The molecule has 0 aliphatic carbocycles. The van der Waals surface area contributed by atoms with Gasteiger partial charge in [0.05, 0.1) is 11.1 Å². The van der Waals surface area contributed by atoms with Crippen LogP contribution in [0.1, 0.15) is 39.2 Å². The zero-order chi connectivity index (χ0) is 19.6. The van der Waals surface area contributed by atoms with E-state index in [0.717, 1.165) is 18.6 Å². The van der Waals surface area contributed by atoms with Gasteiger partial charge in [0.15, 0.2) is 6.10 Å². The summed E-state index contributed by atoms with van der Waals surface area (Å²) in [6, 6.07) is 15.3. The van der Waals surface area contributed by atoms with E-state index in [0.29, 0.717) is 23.7 Å². The Kier molecular flexibility index (Phi) is 8.46. The first kappa shape index (κ1) is 21.1. The Morgan fingerprint density at radius 2 is 1.78 bits per heavy atom. The number of para-hydroxylation sites is 1. The predicted molar refractivity (Wildman–Crippen MR) is 110 cm³/mol. The van der Waals surface area contributed by atoms with E-state index in [2.05, 4.69) is 17.4 Å². The minimum atomic E-state index is -0.544. The number of aryl methyl sites for hydroxylation is 1. The lowest BCUT2D eigenvalue weighted by molar-refractivity contribution is -0.128. The van der Waals surface area contributed by atoms with Gasteiger partial charge in [0.2, 0.25) is 0 Å². The smallest absolute Gasteiger partial charge is 0.261 e. The molecule has 2 aromatic rings. The van der Waals surface area contributed by atoms with E-state index in [1.54, 1.807) is 12.1 Å². The summed E-state index contributed by atoms with van der Waals surface area (Å²) in [6.07, 6.45) is 1.96. The van der Waals surface area contributed by atoms with Crippen molar-refractivity contribution in [3.05, 3.63) is 59.1 Å². The van der Waals surface area contributed by atoms with Crippen LogP contribution in [0.4, 0.5) is 0 Å². The standard InChI is InChI=1S/C22H28ClNO3/c1-4-20(27-21-10-6-5-9-19(21)23)22(25)24-15-7-8-17-11-13-18(14-12-17)26-16(2)3/h5-6,9-14,16,20H,4,7-8,15H2,1-3H3,(H,24,25). The number of halogens is 1. The summed E-state index contributed by atoms with van der Waals surface area (Å²) in [5, 5.41) is 3.46. The van der Waals surface area contributed by atoms with Crippen molar-refractivity contribution >= 4 is 17.5 Å². The predicted octanol–water partition coefficient (Wildman–Crippen LogP) is 5.03. The SMILES string of the molecule is CCC(Oc1ccccc1Cl)C(=O)NCCCc1ccc(OC(C)C)cc1. The van der Waals surface area contributed by atoms with Crippen LogP contribution >= 0.6 is 11.6 Å². The second-order valence-corrected chi connectivity index (χ2v) is 7.06. The van der Waals surface area contributed by atoms with Crippen LogP contribution in [0.2, 0.25) is 5.02 Å². The van der Waals surface area contributed by atoms with Crippen LogP contribution in [0.25, 0.3) is 0 Å². The van der Waals surface area contributed by atoms with Gasteiger partial charge in [-0.25, -0.2) is 0 Å². The van der Waals surface area contributed by atoms with Crippen molar-refractivity contribution in [1.29, 1.82) is 0 Å². The van der Waals surface area contributed by atoms with Crippen LogP contribution in [0.3, 0.4) is 0 Å². The average Bonchev–Trinajstić information content (AvgIpc) is 2.65. The van der Waals surface area contributed by atoms with E-state index in [-0.39, 0.29) is 12.0 Å². The van der Waals surface area contributed by atoms with Crippen LogP contribution in [0, 0.1) is 0 Å². The summed E-state index contributed by atoms with van der Waals surface area (Å²) < 4.78 is 11.4. The van der Waals surface area contributed by atoms with Crippen molar-refractivity contribution in [3.8, 4) is 11.5 Å². The highest BCUT2D eigenvalue weighted by molar-refractivity contribution is 6.32. The molecule has 0 fully saturated rings. The first-order chi connectivity index (χ1) is 13.0. The summed E-state index contributed by atoms with van der Waals surface area (Å²) in [7, 11) is 0. The normalized spacial score (nSPS) is 11.9. The fourth-order valence-corrected chi connectivity index (χ4v) is 2.82. The fourth-order valence-electron chi connectivity index (χ4n) is 2.64. The molecule has 4 nitrogen and oxygen atoms in total. The lowest BCUT2D eigenvalue weighted by atomic mass is 10.1. The summed E-state index contributed by atoms with van der Waals surface area (Å²) in [5.41, 5.74) is 1.22. The van der Waals surface area contributed by atoms with Crippen molar-refractivity contribution in [3.63, 3.8) is 0 Å². The van der Waals surface area contributed by atoms with Gasteiger partial charge < -0.3 is 14.8 Å². The van der Waals surface area contributed by atoms with Gasteiger partial charge >= 0.3 is 0 Å². The summed E-state index contributed by atoms with van der Waals surface area (Å²) in [6.45, 7) is 6.54. The number of benzene rings is 2. The third-order valence-electron chi connectivity index (χ3n) is 4.01. The van der Waals surface area contributed by atoms with Crippen molar-refractivity contribution in [2.75, 3.05) is 6.54 Å². The molecule has 1 amide bonds. The van der Waals surface area contributed by atoms with E-state index in [1.807, 2.05) is 45.0 Å². The maximum Gasteiger partial charge on any atom is 0.261 e. The monoisotopic (exact) mass is 389 g/mol. The second-order valence-electron chi connectivity index (χ2n) is 6.65. The first-order valence-corrected chi connectivity index (χ1v) is 9.82. The maximum atomic E-state index is 12.4. The molecule has 0 heterocycles. The molecule has 5 heteroatoms. The van der Waals surface area contributed by atoms with Crippen LogP contribution in [-0.4, -0.2) is 24.7 Å². The Balaban J connectivity index is 1.75. The van der Waals surface area contributed by atoms with Crippen molar-refractivity contribution < 1.29 is 14.3 Å². The van der Waals surface area contributed by atoms with Crippen molar-refractivity contribution in [1.82, 2.24) is 5.32 Å². The molecule has 2 rings (SSSR count). The Morgan fingerprint density at radius 1 is 1.07 bits per heavy atom. The van der Waals surface area contributed by atoms with Gasteiger partial charge in [-0.05, 0) is 62.9 Å². The van der Waals surface area contributed by atoms with Gasteiger partial charge in [-0.15, -0.1) is 0 Å². The van der Waals surface area contributed by atoms with Gasteiger partial charge in [-0.1, -0.05) is 42.8 Å². The third-order valence-corrected chi connectivity index (χ3v) is 4.32. The number of ether oxygens (including phenoxy) is 2. The zero-order valence-electron chi connectivity index (χ0n) is 16.2. The molecule has 2 aromatic carbocycles. The molecule has 0 radical (unpaired) electrons. The van der Waals surface area contributed by atoms with Crippen LogP contribution in [0.15, 0.2) is 48.5 Å². The molecule has 0 saturated heterocycles. The third kappa shape index (κ3) is 7.14. The molecule has 0 aromatic heterocycles. The molecule has 27 heavy (non-hydrogen) atoms. The molecule has 1 unspecified atom stereocenters. The molecule has 1 atom stereocenters. The van der Waals surface area contributed by atoms with Gasteiger partial charge in [-0.3, -0.25) is 4.79 Å². The lowest BCUT2D eigenvalue weighted by Gasteiger charge is -2.18. The number of carbonyl (C=O) groups is 1. The topological polar surface area (TPSA) is 47.6 Å². The van der Waals surface area contributed by atoms with E-state index < -0.39 is 6.10 Å². The number of amides is 1. The minimum Gasteiger partial charge on any atom is -0.491 e. The number of nitrogens with one attached hydrogen (secondary N) is 1. The Morgan fingerprint density at radius 3 is 2.41 bits per heavy atom. The second kappa shape index (κ2) is 10.8. The van der Waals surface area contributed by atoms with Gasteiger partial charge in [0, 0.05) is 6.54 Å². The molecule has 0 bridgehead atoms. The largest absolute Gasteiger partial charge is 0.491 e. The molecule has 0 aliphatic rings. The molecule has 1 N–H and O–H groups in total. The molecule has 146 valence electrons. The molecular weight excluding hydrogens is 362 g/mol. The van der Waals surface area contributed by atoms with E-state index in [9.17, 15) is 4.79 Å². The molecular formula is C22H28ClNO3. The quantitative estimate of drug-likeness (QED) is 0.579. The number of hydrogen-bond acceptors (Lipinski definition) is 3. The Bertz CT molecular complexity index is 716. The summed E-state index contributed by atoms with van der Waals surface area (Å²) >= 11 is 6.10. The molecule has 0 saturated carbocycles. The fraction of sp³-hybridized carbons (Fsp3) is 0.409. The number of rotatable bonds is 10. The number of hydrogen-bond donors (Lipinski definition) is 1. The van der Waals surface area contributed by atoms with Crippen molar-refractivity contribution in [2.24, 2.45) is 0 Å².